The number of pyridine rings is 1. The number of aromatic nitrogens is 1. The van der Waals surface area contributed by atoms with Gasteiger partial charge in [0.15, 0.2) is 0 Å². The van der Waals surface area contributed by atoms with Gasteiger partial charge in [0, 0.05) is 18.3 Å². The number of anilines is 1. The fourth-order valence-electron chi connectivity index (χ4n) is 3.26. The smallest absolute Gasteiger partial charge is 0.126 e. The molecule has 1 aromatic heterocycles. The number of piperidine rings is 1. The molecule has 0 bridgehead atoms. The Bertz CT molecular complexity index is 424. The molecule has 104 valence electrons. The first-order valence-corrected chi connectivity index (χ1v) is 7.79. The topological polar surface area (TPSA) is 28.2 Å². The zero-order valence-electron chi connectivity index (χ0n) is 12.0. The quantitative estimate of drug-likeness (QED) is 0.901. The first-order chi connectivity index (χ1) is 9.33. The maximum atomic E-state index is 4.74. The van der Waals surface area contributed by atoms with Gasteiger partial charge in [-0.15, -0.1) is 0 Å². The Morgan fingerprint density at radius 2 is 2.00 bits per heavy atom. The molecular formula is C16H25N3. The van der Waals surface area contributed by atoms with Crippen LogP contribution >= 0.6 is 0 Å². The lowest BCUT2D eigenvalue weighted by molar-refractivity contribution is 0.180. The zero-order chi connectivity index (χ0) is 13.1. The van der Waals surface area contributed by atoms with Gasteiger partial charge in [-0.2, -0.15) is 0 Å². The molecule has 19 heavy (non-hydrogen) atoms. The third kappa shape index (κ3) is 3.08. The van der Waals surface area contributed by atoms with E-state index in [1.807, 2.05) is 0 Å². The molecule has 1 N–H and O–H groups in total. The first-order valence-electron chi connectivity index (χ1n) is 7.79. The minimum atomic E-state index is 0.607. The highest BCUT2D eigenvalue weighted by molar-refractivity contribution is 5.40. The van der Waals surface area contributed by atoms with E-state index in [-0.39, 0.29) is 0 Å². The highest BCUT2D eigenvalue weighted by atomic mass is 15.2. The number of rotatable bonds is 4. The predicted molar refractivity (Wildman–Crippen MR) is 79.6 cm³/mol. The van der Waals surface area contributed by atoms with Crippen molar-refractivity contribution in [1.29, 1.82) is 0 Å². The van der Waals surface area contributed by atoms with Gasteiger partial charge in [-0.3, -0.25) is 4.90 Å². The van der Waals surface area contributed by atoms with E-state index in [0.717, 1.165) is 18.8 Å². The minimum Gasteiger partial charge on any atom is -0.369 e. The molecule has 1 fully saturated rings. The van der Waals surface area contributed by atoms with Crippen LogP contribution in [0.5, 0.6) is 0 Å². The van der Waals surface area contributed by atoms with Gasteiger partial charge in [0.2, 0.25) is 0 Å². The largest absolute Gasteiger partial charge is 0.369 e. The van der Waals surface area contributed by atoms with Crippen LogP contribution in [-0.4, -0.2) is 35.6 Å². The zero-order valence-corrected chi connectivity index (χ0v) is 12.0. The number of nitrogens with one attached hydrogen (secondary N) is 1. The van der Waals surface area contributed by atoms with Crippen molar-refractivity contribution in [3.05, 3.63) is 23.4 Å². The molecule has 2 heterocycles. The molecule has 2 aliphatic rings. The predicted octanol–water partition coefficient (Wildman–Crippen LogP) is 2.86. The molecule has 0 spiro atoms. The van der Waals surface area contributed by atoms with Crippen molar-refractivity contribution in [1.82, 2.24) is 9.88 Å². The van der Waals surface area contributed by atoms with Gasteiger partial charge < -0.3 is 5.32 Å². The van der Waals surface area contributed by atoms with Crippen LogP contribution < -0.4 is 5.32 Å². The number of hydrogen-bond acceptors (Lipinski definition) is 3. The van der Waals surface area contributed by atoms with Crippen LogP contribution in [0.2, 0.25) is 0 Å². The van der Waals surface area contributed by atoms with Crippen LogP contribution in [0, 0.1) is 0 Å². The lowest BCUT2D eigenvalue weighted by Gasteiger charge is -2.32. The number of hydrogen-bond donors (Lipinski definition) is 1. The van der Waals surface area contributed by atoms with Crippen LogP contribution in [0.15, 0.2) is 12.1 Å². The highest BCUT2D eigenvalue weighted by Gasteiger charge is 2.17. The summed E-state index contributed by atoms with van der Waals surface area (Å²) in [5.74, 6) is 1.06. The molecule has 1 aromatic rings. The fourth-order valence-corrected chi connectivity index (χ4v) is 3.26. The first kappa shape index (κ1) is 12.9. The van der Waals surface area contributed by atoms with Crippen LogP contribution in [-0.2, 0) is 12.8 Å². The molecule has 3 nitrogen and oxygen atoms in total. The summed E-state index contributed by atoms with van der Waals surface area (Å²) in [6, 6.07) is 5.01. The molecule has 1 unspecified atom stereocenters. The Hall–Kier alpha value is -1.09. The van der Waals surface area contributed by atoms with E-state index in [2.05, 4.69) is 29.3 Å². The van der Waals surface area contributed by atoms with Gasteiger partial charge in [-0.1, -0.05) is 12.5 Å². The number of likely N-dealkylation sites (tertiary alicyclic amines) is 1. The van der Waals surface area contributed by atoms with Gasteiger partial charge in [0.25, 0.3) is 0 Å². The Balaban J connectivity index is 1.53. The summed E-state index contributed by atoms with van der Waals surface area (Å²) >= 11 is 0. The van der Waals surface area contributed by atoms with E-state index in [1.54, 1.807) is 0 Å². The molecule has 0 aromatic carbocycles. The maximum absolute atomic E-state index is 4.74. The Kier molecular flexibility index (Phi) is 4.02. The van der Waals surface area contributed by atoms with Gasteiger partial charge >= 0.3 is 0 Å². The summed E-state index contributed by atoms with van der Waals surface area (Å²) in [6.45, 7) is 5.86. The summed E-state index contributed by atoms with van der Waals surface area (Å²) in [7, 11) is 0. The van der Waals surface area contributed by atoms with Crippen molar-refractivity contribution >= 4 is 5.82 Å². The number of aryl methyl sites for hydroxylation is 2. The van der Waals surface area contributed by atoms with Crippen LogP contribution in [0.25, 0.3) is 0 Å². The molecular weight excluding hydrogens is 234 g/mol. The Morgan fingerprint density at radius 1 is 1.16 bits per heavy atom. The summed E-state index contributed by atoms with van der Waals surface area (Å²) in [5.41, 5.74) is 2.77. The Morgan fingerprint density at radius 3 is 2.84 bits per heavy atom. The standard InChI is InChI=1S/C16H25N3/c1-13(19-10-3-2-4-11-19)12-17-16-9-8-14-6-5-7-15(14)18-16/h8-9,13H,2-7,10-12H2,1H3,(H,17,18). The van der Waals surface area contributed by atoms with E-state index in [0.29, 0.717) is 6.04 Å². The van der Waals surface area contributed by atoms with Crippen LogP contribution in [0.1, 0.15) is 43.9 Å². The minimum absolute atomic E-state index is 0.607. The van der Waals surface area contributed by atoms with E-state index >= 15 is 0 Å². The van der Waals surface area contributed by atoms with Crippen molar-refractivity contribution in [3.8, 4) is 0 Å². The summed E-state index contributed by atoms with van der Waals surface area (Å²) < 4.78 is 0. The van der Waals surface area contributed by atoms with Crippen LogP contribution in [0.4, 0.5) is 5.82 Å². The second-order valence-electron chi connectivity index (χ2n) is 5.98. The Labute approximate surface area is 116 Å². The molecule has 3 rings (SSSR count). The van der Waals surface area contributed by atoms with Crippen molar-refractivity contribution < 1.29 is 0 Å². The number of fused-ring (bicyclic) bond motifs is 1. The maximum Gasteiger partial charge on any atom is 0.126 e. The van der Waals surface area contributed by atoms with Crippen molar-refractivity contribution in [3.63, 3.8) is 0 Å². The third-order valence-corrected chi connectivity index (χ3v) is 4.52. The lowest BCUT2D eigenvalue weighted by Crippen LogP contribution is -2.41. The average Bonchev–Trinajstić information content (AvgIpc) is 2.93. The summed E-state index contributed by atoms with van der Waals surface area (Å²) in [6.07, 6.45) is 7.78. The van der Waals surface area contributed by atoms with E-state index in [4.69, 9.17) is 4.98 Å². The molecule has 0 amide bonds. The van der Waals surface area contributed by atoms with Crippen LogP contribution in [0.3, 0.4) is 0 Å². The SMILES string of the molecule is CC(CNc1ccc2c(n1)CCC2)N1CCCCC1. The molecule has 1 atom stereocenters. The summed E-state index contributed by atoms with van der Waals surface area (Å²) in [4.78, 5) is 7.34. The molecule has 1 aliphatic carbocycles. The van der Waals surface area contributed by atoms with Gasteiger partial charge in [-0.05, 0) is 63.7 Å². The van der Waals surface area contributed by atoms with E-state index in [1.165, 1.54) is 56.5 Å². The normalized spacial score (nSPS) is 21.1. The fraction of sp³-hybridized carbons (Fsp3) is 0.688. The molecule has 0 saturated carbocycles. The monoisotopic (exact) mass is 259 g/mol. The average molecular weight is 259 g/mol. The van der Waals surface area contributed by atoms with Gasteiger partial charge in [0.05, 0.1) is 0 Å². The van der Waals surface area contributed by atoms with E-state index in [9.17, 15) is 0 Å². The highest BCUT2D eigenvalue weighted by Crippen LogP contribution is 2.21. The third-order valence-electron chi connectivity index (χ3n) is 4.52. The van der Waals surface area contributed by atoms with Gasteiger partial charge in [-0.25, -0.2) is 4.98 Å². The number of nitrogens with zero attached hydrogens (tertiary/aromatic N) is 2. The summed E-state index contributed by atoms with van der Waals surface area (Å²) in [5, 5.41) is 3.52. The second kappa shape index (κ2) is 5.91. The van der Waals surface area contributed by atoms with Crippen molar-refractivity contribution in [2.45, 2.75) is 51.5 Å². The molecule has 3 heteroatoms. The second-order valence-corrected chi connectivity index (χ2v) is 5.98. The van der Waals surface area contributed by atoms with E-state index < -0.39 is 0 Å². The van der Waals surface area contributed by atoms with Crippen molar-refractivity contribution in [2.75, 3.05) is 25.0 Å². The molecule has 0 radical (unpaired) electrons. The molecule has 1 saturated heterocycles. The molecule has 1 aliphatic heterocycles. The lowest BCUT2D eigenvalue weighted by atomic mass is 10.1. The van der Waals surface area contributed by atoms with Gasteiger partial charge in [0.1, 0.15) is 5.82 Å². The van der Waals surface area contributed by atoms with Crippen molar-refractivity contribution in [2.24, 2.45) is 0 Å².